The van der Waals surface area contributed by atoms with E-state index in [0.29, 0.717) is 23.5 Å². The first-order valence-electron chi connectivity index (χ1n) is 13.4. The number of rotatable bonds is 9. The van der Waals surface area contributed by atoms with Gasteiger partial charge in [-0.05, 0) is 60.8 Å². The number of benzene rings is 1. The molecular weight excluding hydrogens is 480 g/mol. The Kier molecular flexibility index (Phi) is 10.2. The van der Waals surface area contributed by atoms with Crippen LogP contribution in [0.15, 0.2) is 24.3 Å². The largest absolute Gasteiger partial charge is 0.497 e. The second-order valence-corrected chi connectivity index (χ2v) is 13.5. The van der Waals surface area contributed by atoms with Crippen molar-refractivity contribution < 1.29 is 24.1 Å². The minimum absolute atomic E-state index is 0.0456. The van der Waals surface area contributed by atoms with Crippen molar-refractivity contribution in [3.05, 3.63) is 29.8 Å². The van der Waals surface area contributed by atoms with Gasteiger partial charge in [-0.1, -0.05) is 32.9 Å². The number of thioether (sulfide) groups is 2. The Hall–Kier alpha value is -0.440. The molecule has 3 heterocycles. The molecule has 3 aliphatic heterocycles. The second kappa shape index (κ2) is 12.9. The second-order valence-electron chi connectivity index (χ2n) is 10.6. The molecule has 3 aliphatic rings. The molecule has 1 N–H and O–H groups in total. The minimum atomic E-state index is -0.661. The molecule has 35 heavy (non-hydrogen) atoms. The lowest BCUT2D eigenvalue weighted by Crippen LogP contribution is -2.57. The van der Waals surface area contributed by atoms with Crippen LogP contribution in [0.1, 0.15) is 71.3 Å². The molecule has 0 radical (unpaired) electrons. The first kappa shape index (κ1) is 27.6. The summed E-state index contributed by atoms with van der Waals surface area (Å²) < 4.78 is 25.7. The fraction of sp³-hybridized carbons (Fsp3) is 0.786. The van der Waals surface area contributed by atoms with Crippen LogP contribution in [-0.4, -0.2) is 58.5 Å². The van der Waals surface area contributed by atoms with Gasteiger partial charge in [-0.3, -0.25) is 0 Å². The van der Waals surface area contributed by atoms with E-state index in [9.17, 15) is 5.11 Å². The van der Waals surface area contributed by atoms with Crippen molar-refractivity contribution in [2.24, 2.45) is 11.8 Å². The predicted molar refractivity (Wildman–Crippen MR) is 145 cm³/mol. The van der Waals surface area contributed by atoms with Crippen molar-refractivity contribution in [3.8, 4) is 5.75 Å². The maximum atomic E-state index is 11.0. The molecule has 3 saturated heterocycles. The summed E-state index contributed by atoms with van der Waals surface area (Å²) in [4.78, 5) is 0. The van der Waals surface area contributed by atoms with Crippen LogP contribution >= 0.6 is 23.5 Å². The van der Waals surface area contributed by atoms with Crippen molar-refractivity contribution in [2.45, 2.75) is 107 Å². The summed E-state index contributed by atoms with van der Waals surface area (Å²) in [6, 6.07) is 8.07. The van der Waals surface area contributed by atoms with Crippen LogP contribution < -0.4 is 4.74 Å². The first-order chi connectivity index (χ1) is 16.9. The molecule has 0 aromatic heterocycles. The van der Waals surface area contributed by atoms with Gasteiger partial charge in [0.2, 0.25) is 0 Å². The zero-order chi connectivity index (χ0) is 24.8. The summed E-state index contributed by atoms with van der Waals surface area (Å²) in [5.74, 6) is 3.25. The van der Waals surface area contributed by atoms with Crippen LogP contribution in [-0.2, 0) is 20.8 Å². The van der Waals surface area contributed by atoms with E-state index >= 15 is 0 Å². The third-order valence-electron chi connectivity index (χ3n) is 7.98. The van der Waals surface area contributed by atoms with Crippen molar-refractivity contribution >= 4 is 23.5 Å². The summed E-state index contributed by atoms with van der Waals surface area (Å²) in [6.07, 6.45) is 6.42. The van der Waals surface area contributed by atoms with Crippen LogP contribution in [0, 0.1) is 11.8 Å². The molecule has 198 valence electrons. The molecule has 3 fully saturated rings. The summed E-state index contributed by atoms with van der Waals surface area (Å²) >= 11 is 4.10. The molecule has 7 heteroatoms. The van der Waals surface area contributed by atoms with Crippen molar-refractivity contribution in [1.29, 1.82) is 0 Å². The highest BCUT2D eigenvalue weighted by atomic mass is 32.2. The number of aliphatic hydroxyl groups excluding tert-OH is 1. The number of methoxy groups -OCH3 is 1. The van der Waals surface area contributed by atoms with E-state index in [2.05, 4.69) is 56.4 Å². The van der Waals surface area contributed by atoms with Gasteiger partial charge in [0.05, 0.1) is 42.7 Å². The van der Waals surface area contributed by atoms with Crippen molar-refractivity contribution in [3.63, 3.8) is 0 Å². The molecule has 0 aliphatic carbocycles. The van der Waals surface area contributed by atoms with Gasteiger partial charge in [-0.25, -0.2) is 0 Å². The minimum Gasteiger partial charge on any atom is -0.497 e. The lowest BCUT2D eigenvalue weighted by atomic mass is 9.81. The highest BCUT2D eigenvalue weighted by Gasteiger charge is 2.50. The van der Waals surface area contributed by atoms with E-state index in [4.69, 9.17) is 18.9 Å². The average Bonchev–Trinajstić information content (AvgIpc) is 2.88. The Morgan fingerprint density at radius 3 is 2.51 bits per heavy atom. The number of hydrogen-bond acceptors (Lipinski definition) is 7. The number of hydrogen-bond donors (Lipinski definition) is 1. The molecule has 5 nitrogen and oxygen atoms in total. The number of aliphatic hydroxyl groups is 1. The van der Waals surface area contributed by atoms with Crippen molar-refractivity contribution in [2.75, 3.05) is 18.6 Å². The zero-order valence-corrected chi connectivity index (χ0v) is 23.5. The molecule has 6 unspecified atom stereocenters. The smallest absolute Gasteiger partial charge is 0.171 e. The predicted octanol–water partition coefficient (Wildman–Crippen LogP) is 6.26. The molecule has 0 amide bonds. The van der Waals surface area contributed by atoms with E-state index in [1.165, 1.54) is 17.9 Å². The van der Waals surface area contributed by atoms with Gasteiger partial charge in [0.15, 0.2) is 5.79 Å². The Labute approximate surface area is 220 Å². The normalized spacial score (nSPS) is 35.2. The van der Waals surface area contributed by atoms with Gasteiger partial charge >= 0.3 is 0 Å². The standard InChI is InChI=1S/C28H44O5S2/c1-5-22(31-18-21-7-9-23(30-4)10-8-21)15-25-19(2)11-12-28(32-25)17-24(29)20(3)26(33-28)16-27-34-13-6-14-35-27/h7-10,19-20,22,24-27,29H,5-6,11-18H2,1-4H3/t19?,20?,22-,24?,25?,26?,28?/m1/s1. The van der Waals surface area contributed by atoms with Crippen LogP contribution in [0.5, 0.6) is 5.75 Å². The zero-order valence-electron chi connectivity index (χ0n) is 21.8. The first-order valence-corrected chi connectivity index (χ1v) is 15.5. The fourth-order valence-electron chi connectivity index (χ4n) is 5.46. The van der Waals surface area contributed by atoms with Gasteiger partial charge in [0.1, 0.15) is 5.75 Å². The van der Waals surface area contributed by atoms with E-state index in [-0.39, 0.29) is 30.3 Å². The lowest BCUT2D eigenvalue weighted by Gasteiger charge is -2.51. The van der Waals surface area contributed by atoms with Crippen LogP contribution in [0.3, 0.4) is 0 Å². The Morgan fingerprint density at radius 2 is 1.83 bits per heavy atom. The van der Waals surface area contributed by atoms with Gasteiger partial charge in [0.25, 0.3) is 0 Å². The average molecular weight is 525 g/mol. The lowest BCUT2D eigenvalue weighted by molar-refractivity contribution is -0.347. The fourth-order valence-corrected chi connectivity index (χ4v) is 8.40. The summed E-state index contributed by atoms with van der Waals surface area (Å²) in [5, 5.41) is 11.0. The Balaban J connectivity index is 1.36. The van der Waals surface area contributed by atoms with Gasteiger partial charge < -0.3 is 24.1 Å². The van der Waals surface area contributed by atoms with E-state index in [1.54, 1.807) is 7.11 Å². The number of ether oxygens (including phenoxy) is 4. The Bertz CT molecular complexity index is 771. The van der Waals surface area contributed by atoms with Gasteiger partial charge in [-0.2, -0.15) is 0 Å². The summed E-state index contributed by atoms with van der Waals surface area (Å²) in [5.41, 5.74) is 1.15. The SMILES string of the molecule is CC[C@H](CC1OC2(CCC1C)CC(O)C(C)C(CC1SCCCS1)O2)OCc1ccc(OC)cc1. The molecule has 4 rings (SSSR count). The van der Waals surface area contributed by atoms with Gasteiger partial charge in [0, 0.05) is 25.2 Å². The molecule has 1 spiro atoms. The quantitative estimate of drug-likeness (QED) is 0.409. The highest BCUT2D eigenvalue weighted by Crippen LogP contribution is 2.46. The Morgan fingerprint density at radius 1 is 1.11 bits per heavy atom. The van der Waals surface area contributed by atoms with Crippen LogP contribution in [0.2, 0.25) is 0 Å². The summed E-state index contributed by atoms with van der Waals surface area (Å²) in [7, 11) is 1.68. The monoisotopic (exact) mass is 524 g/mol. The van der Waals surface area contributed by atoms with Gasteiger partial charge in [-0.15, -0.1) is 23.5 Å². The summed E-state index contributed by atoms with van der Waals surface area (Å²) in [6.45, 7) is 7.19. The molecule has 1 aromatic rings. The topological polar surface area (TPSA) is 57.2 Å². The molecule has 0 saturated carbocycles. The van der Waals surface area contributed by atoms with Crippen LogP contribution in [0.4, 0.5) is 0 Å². The maximum absolute atomic E-state index is 11.0. The molecular formula is C28H44O5S2. The molecule has 7 atom stereocenters. The molecule has 0 bridgehead atoms. The maximum Gasteiger partial charge on any atom is 0.171 e. The third kappa shape index (κ3) is 7.32. The van der Waals surface area contributed by atoms with E-state index in [0.717, 1.165) is 43.4 Å². The third-order valence-corrected chi connectivity index (χ3v) is 11.0. The van der Waals surface area contributed by atoms with E-state index < -0.39 is 5.79 Å². The molecule has 1 aromatic carbocycles. The van der Waals surface area contributed by atoms with Crippen molar-refractivity contribution in [1.82, 2.24) is 0 Å². The van der Waals surface area contributed by atoms with Crippen LogP contribution in [0.25, 0.3) is 0 Å². The van der Waals surface area contributed by atoms with E-state index in [1.807, 2.05) is 12.1 Å². The highest BCUT2D eigenvalue weighted by molar-refractivity contribution is 8.17.